The zero-order valence-electron chi connectivity index (χ0n) is 13.4. The summed E-state index contributed by atoms with van der Waals surface area (Å²) in [4.78, 5) is 12.0. The molecule has 0 aliphatic carbocycles. The van der Waals surface area contributed by atoms with Crippen LogP contribution in [0.25, 0.3) is 6.08 Å². The van der Waals surface area contributed by atoms with Gasteiger partial charge in [-0.1, -0.05) is 24.3 Å². The van der Waals surface area contributed by atoms with E-state index in [1.54, 1.807) is 12.1 Å². The average Bonchev–Trinajstić information content (AvgIpc) is 2.52. The minimum atomic E-state index is -4.36. The Morgan fingerprint density at radius 3 is 2.27 bits per heavy atom. The molecule has 0 saturated carbocycles. The molecule has 0 spiro atoms. The summed E-state index contributed by atoms with van der Waals surface area (Å²) < 4.78 is 60.2. The van der Waals surface area contributed by atoms with E-state index in [4.69, 9.17) is 0 Å². The number of thioether (sulfide) groups is 1. The van der Waals surface area contributed by atoms with Crippen LogP contribution >= 0.6 is 11.8 Å². The highest BCUT2D eigenvalue weighted by atomic mass is 32.2. The molecule has 0 atom stereocenters. The monoisotopic (exact) mass is 401 g/mol. The quantitative estimate of drug-likeness (QED) is 0.598. The number of para-hydroxylation sites is 1. The van der Waals surface area contributed by atoms with E-state index in [1.807, 2.05) is 0 Å². The van der Waals surface area contributed by atoms with Crippen LogP contribution in [0.1, 0.15) is 5.56 Å². The van der Waals surface area contributed by atoms with Gasteiger partial charge in [-0.25, -0.2) is 8.42 Å². The molecule has 0 aromatic heterocycles. The van der Waals surface area contributed by atoms with Gasteiger partial charge >= 0.3 is 5.51 Å². The van der Waals surface area contributed by atoms with E-state index in [9.17, 15) is 26.4 Å². The third kappa shape index (κ3) is 6.23. The Morgan fingerprint density at radius 1 is 1.08 bits per heavy atom. The smallest absolute Gasteiger partial charge is 0.321 e. The fourth-order valence-corrected chi connectivity index (χ4v) is 3.40. The van der Waals surface area contributed by atoms with Crippen molar-refractivity contribution in [3.63, 3.8) is 0 Å². The van der Waals surface area contributed by atoms with E-state index in [2.05, 4.69) is 5.32 Å². The van der Waals surface area contributed by atoms with Gasteiger partial charge in [0.1, 0.15) is 0 Å². The number of hydrogen-bond donors (Lipinski definition) is 1. The van der Waals surface area contributed by atoms with Crippen molar-refractivity contribution in [1.29, 1.82) is 0 Å². The van der Waals surface area contributed by atoms with Crippen molar-refractivity contribution in [3.8, 4) is 0 Å². The van der Waals surface area contributed by atoms with Crippen molar-refractivity contribution >= 4 is 39.3 Å². The number of benzene rings is 2. The minimum absolute atomic E-state index is 0.00437. The van der Waals surface area contributed by atoms with Crippen LogP contribution in [0.2, 0.25) is 0 Å². The molecule has 0 aliphatic heterocycles. The fourth-order valence-electron chi connectivity index (χ4n) is 2.02. The van der Waals surface area contributed by atoms with Gasteiger partial charge in [0, 0.05) is 17.2 Å². The molecular formula is C17H14F3NO3S2. The van der Waals surface area contributed by atoms with Crippen LogP contribution in [0.15, 0.2) is 64.4 Å². The second-order valence-corrected chi connectivity index (χ2v) is 8.33. The molecule has 4 nitrogen and oxygen atoms in total. The Bertz CT molecular complexity index is 921. The minimum Gasteiger partial charge on any atom is -0.321 e. The van der Waals surface area contributed by atoms with Crippen LogP contribution < -0.4 is 5.32 Å². The van der Waals surface area contributed by atoms with Crippen molar-refractivity contribution in [2.75, 3.05) is 11.6 Å². The number of sulfone groups is 1. The highest BCUT2D eigenvalue weighted by molar-refractivity contribution is 8.00. The lowest BCUT2D eigenvalue weighted by Crippen LogP contribution is -2.11. The first-order valence-electron chi connectivity index (χ1n) is 7.18. The fraction of sp³-hybridized carbons (Fsp3) is 0.118. The van der Waals surface area contributed by atoms with Crippen LogP contribution in [0, 0.1) is 0 Å². The summed E-state index contributed by atoms with van der Waals surface area (Å²) in [6.07, 6.45) is 3.62. The van der Waals surface area contributed by atoms with Crippen molar-refractivity contribution < 1.29 is 26.4 Å². The van der Waals surface area contributed by atoms with Crippen LogP contribution in [0.5, 0.6) is 0 Å². The molecule has 1 amide bonds. The molecule has 2 aromatic carbocycles. The summed E-state index contributed by atoms with van der Waals surface area (Å²) >= 11 is -0.221. The van der Waals surface area contributed by atoms with Gasteiger partial charge in [-0.3, -0.25) is 4.79 Å². The number of alkyl halides is 3. The van der Waals surface area contributed by atoms with E-state index < -0.39 is 21.3 Å². The van der Waals surface area contributed by atoms with E-state index >= 15 is 0 Å². The number of nitrogens with one attached hydrogen (secondary N) is 1. The van der Waals surface area contributed by atoms with Crippen molar-refractivity contribution in [2.24, 2.45) is 0 Å². The van der Waals surface area contributed by atoms with Crippen molar-refractivity contribution in [1.82, 2.24) is 0 Å². The van der Waals surface area contributed by atoms with Gasteiger partial charge in [-0.15, -0.1) is 0 Å². The molecule has 1 N–H and O–H groups in total. The van der Waals surface area contributed by atoms with Crippen LogP contribution in [0.4, 0.5) is 18.9 Å². The summed E-state index contributed by atoms with van der Waals surface area (Å²) in [7, 11) is -3.50. The number of rotatable bonds is 5. The predicted molar refractivity (Wildman–Crippen MR) is 95.6 cm³/mol. The van der Waals surface area contributed by atoms with Crippen LogP contribution in [-0.4, -0.2) is 26.1 Å². The Hall–Kier alpha value is -2.26. The molecule has 138 valence electrons. The second-order valence-electron chi connectivity index (χ2n) is 5.21. The lowest BCUT2D eigenvalue weighted by Gasteiger charge is -2.07. The number of carbonyl (C=O) groups is 1. The van der Waals surface area contributed by atoms with Crippen LogP contribution in [-0.2, 0) is 14.6 Å². The summed E-state index contributed by atoms with van der Waals surface area (Å²) in [6, 6.07) is 11.5. The van der Waals surface area contributed by atoms with Gasteiger partial charge in [0.05, 0.1) is 10.6 Å². The molecule has 0 unspecified atom stereocenters. The number of amides is 1. The summed E-state index contributed by atoms with van der Waals surface area (Å²) in [6.45, 7) is 0. The molecule has 0 heterocycles. The molecule has 2 aromatic rings. The highest BCUT2D eigenvalue weighted by Gasteiger charge is 2.28. The normalized spacial score (nSPS) is 12.3. The van der Waals surface area contributed by atoms with Gasteiger partial charge < -0.3 is 5.32 Å². The van der Waals surface area contributed by atoms with Gasteiger partial charge in [-0.2, -0.15) is 13.2 Å². The predicted octanol–water partition coefficient (Wildman–Crippen LogP) is 4.35. The SMILES string of the molecule is CS(=O)(=O)c1ccccc1NC(=O)/C=C/c1ccc(SC(F)(F)F)cc1. The topological polar surface area (TPSA) is 63.2 Å². The third-order valence-electron chi connectivity index (χ3n) is 3.09. The Morgan fingerprint density at radius 2 is 1.69 bits per heavy atom. The standard InChI is InChI=1S/C17H14F3NO3S2/c1-26(23,24)15-5-3-2-4-14(15)21-16(22)11-8-12-6-9-13(10-7-12)25-17(18,19)20/h2-11H,1H3,(H,21,22)/b11-8+. The zero-order valence-corrected chi connectivity index (χ0v) is 15.1. The maximum atomic E-state index is 12.3. The lowest BCUT2D eigenvalue weighted by molar-refractivity contribution is -0.111. The van der Waals surface area contributed by atoms with Crippen molar-refractivity contribution in [3.05, 3.63) is 60.2 Å². The first kappa shape index (κ1) is 20.1. The lowest BCUT2D eigenvalue weighted by atomic mass is 10.2. The molecule has 0 radical (unpaired) electrons. The summed E-state index contributed by atoms with van der Waals surface area (Å²) in [5.74, 6) is -0.560. The molecular weight excluding hydrogens is 387 g/mol. The Balaban J connectivity index is 2.07. The Labute approximate surface area is 153 Å². The van der Waals surface area contributed by atoms with E-state index in [-0.39, 0.29) is 27.2 Å². The molecule has 9 heteroatoms. The number of anilines is 1. The van der Waals surface area contributed by atoms with Gasteiger partial charge in [0.2, 0.25) is 5.91 Å². The summed E-state index contributed by atoms with van der Waals surface area (Å²) in [5, 5.41) is 2.47. The zero-order chi connectivity index (χ0) is 19.4. The largest absolute Gasteiger partial charge is 0.446 e. The average molecular weight is 401 g/mol. The molecule has 0 bridgehead atoms. The second kappa shape index (κ2) is 7.96. The van der Waals surface area contributed by atoms with Crippen LogP contribution in [0.3, 0.4) is 0 Å². The van der Waals surface area contributed by atoms with E-state index in [0.717, 1.165) is 6.26 Å². The highest BCUT2D eigenvalue weighted by Crippen LogP contribution is 2.36. The molecule has 0 aliphatic rings. The molecule has 2 rings (SSSR count). The maximum Gasteiger partial charge on any atom is 0.446 e. The van der Waals surface area contributed by atoms with Gasteiger partial charge in [0.25, 0.3) is 0 Å². The third-order valence-corrected chi connectivity index (χ3v) is 4.98. The first-order chi connectivity index (χ1) is 12.0. The van der Waals surface area contributed by atoms with Gasteiger partial charge in [0.15, 0.2) is 9.84 Å². The summed E-state index contributed by atoms with van der Waals surface area (Å²) in [5.41, 5.74) is -3.67. The number of carbonyl (C=O) groups excluding carboxylic acids is 1. The number of halogens is 3. The van der Waals surface area contributed by atoms with Gasteiger partial charge in [-0.05, 0) is 47.7 Å². The van der Waals surface area contributed by atoms with Crippen molar-refractivity contribution in [2.45, 2.75) is 15.3 Å². The maximum absolute atomic E-state index is 12.3. The first-order valence-corrected chi connectivity index (χ1v) is 9.89. The van der Waals surface area contributed by atoms with E-state index in [1.165, 1.54) is 48.6 Å². The molecule has 0 fully saturated rings. The molecule has 26 heavy (non-hydrogen) atoms. The molecule has 0 saturated heterocycles. The van der Waals surface area contributed by atoms with E-state index in [0.29, 0.717) is 5.56 Å². The number of hydrogen-bond acceptors (Lipinski definition) is 4. The Kier molecular flexibility index (Phi) is 6.14.